The molecule has 0 aromatic heterocycles. The summed E-state index contributed by atoms with van der Waals surface area (Å²) in [6.45, 7) is 2.05. The molecule has 1 N–H and O–H groups in total. The number of hydrogen-bond donors (Lipinski definition) is 1. The number of ether oxygens (including phenoxy) is 1. The van der Waals surface area contributed by atoms with Gasteiger partial charge in [0.2, 0.25) is 0 Å². The third kappa shape index (κ3) is 1.96. The zero-order valence-electron chi connectivity index (χ0n) is 9.90. The van der Waals surface area contributed by atoms with E-state index < -0.39 is 23.0 Å². The Morgan fingerprint density at radius 3 is 2.56 bits per heavy atom. The van der Waals surface area contributed by atoms with Crippen molar-refractivity contribution in [2.24, 2.45) is 5.41 Å². The molecule has 0 heterocycles. The zero-order valence-corrected chi connectivity index (χ0v) is 9.90. The van der Waals surface area contributed by atoms with E-state index in [-0.39, 0.29) is 11.3 Å². The molecular weight excluding hydrogens is 239 g/mol. The number of aliphatic carboxylic acids is 1. The molecular formula is C13H13FO4. The Hall–Kier alpha value is -1.91. The fourth-order valence-corrected chi connectivity index (χ4v) is 1.85. The fourth-order valence-electron chi connectivity index (χ4n) is 1.85. The van der Waals surface area contributed by atoms with Crippen molar-refractivity contribution < 1.29 is 23.8 Å². The molecule has 0 amide bonds. The number of hydrogen-bond acceptors (Lipinski definition) is 3. The molecule has 1 aromatic carbocycles. The molecule has 1 aliphatic carbocycles. The van der Waals surface area contributed by atoms with Gasteiger partial charge in [0.05, 0.1) is 6.61 Å². The van der Waals surface area contributed by atoms with Gasteiger partial charge in [-0.2, -0.15) is 0 Å². The molecule has 0 saturated heterocycles. The summed E-state index contributed by atoms with van der Waals surface area (Å²) in [6, 6.07) is 3.79. The van der Waals surface area contributed by atoms with Gasteiger partial charge in [-0.25, -0.2) is 4.39 Å². The van der Waals surface area contributed by atoms with Crippen molar-refractivity contribution in [3.8, 4) is 5.75 Å². The van der Waals surface area contributed by atoms with Gasteiger partial charge in [0, 0.05) is 5.56 Å². The first-order valence-corrected chi connectivity index (χ1v) is 5.72. The Kier molecular flexibility index (Phi) is 3.07. The minimum absolute atomic E-state index is 0.0641. The quantitative estimate of drug-likeness (QED) is 0.645. The van der Waals surface area contributed by atoms with Crippen molar-refractivity contribution in [1.82, 2.24) is 0 Å². The molecule has 18 heavy (non-hydrogen) atoms. The van der Waals surface area contributed by atoms with E-state index >= 15 is 0 Å². The lowest BCUT2D eigenvalue weighted by Gasteiger charge is -2.10. The molecule has 0 bridgehead atoms. The van der Waals surface area contributed by atoms with Crippen LogP contribution >= 0.6 is 0 Å². The summed E-state index contributed by atoms with van der Waals surface area (Å²) in [7, 11) is 0. The number of carboxylic acid groups (broad SMARTS) is 1. The van der Waals surface area contributed by atoms with Crippen LogP contribution < -0.4 is 4.74 Å². The molecule has 1 aliphatic rings. The van der Waals surface area contributed by atoms with Crippen molar-refractivity contribution in [1.29, 1.82) is 0 Å². The van der Waals surface area contributed by atoms with Crippen molar-refractivity contribution in [2.45, 2.75) is 19.8 Å². The molecule has 0 atom stereocenters. The molecule has 4 nitrogen and oxygen atoms in total. The highest BCUT2D eigenvalue weighted by molar-refractivity contribution is 6.14. The largest absolute Gasteiger partial charge is 0.491 e. The normalized spacial score (nSPS) is 16.1. The van der Waals surface area contributed by atoms with Gasteiger partial charge >= 0.3 is 5.97 Å². The first-order valence-electron chi connectivity index (χ1n) is 5.72. The first-order chi connectivity index (χ1) is 8.51. The monoisotopic (exact) mass is 252 g/mol. The average Bonchev–Trinajstić information content (AvgIpc) is 3.12. The molecule has 5 heteroatoms. The van der Waals surface area contributed by atoms with E-state index in [0.29, 0.717) is 19.4 Å². The maximum Gasteiger partial charge on any atom is 0.317 e. The van der Waals surface area contributed by atoms with Crippen molar-refractivity contribution in [3.05, 3.63) is 29.6 Å². The second-order valence-electron chi connectivity index (χ2n) is 4.29. The molecule has 96 valence electrons. The van der Waals surface area contributed by atoms with E-state index in [1.807, 2.05) is 0 Å². The van der Waals surface area contributed by atoms with Crippen LogP contribution in [0.15, 0.2) is 18.2 Å². The van der Waals surface area contributed by atoms with Gasteiger partial charge in [0.15, 0.2) is 17.3 Å². The lowest BCUT2D eigenvalue weighted by molar-refractivity contribution is -0.141. The van der Waals surface area contributed by atoms with E-state index in [4.69, 9.17) is 9.84 Å². The van der Waals surface area contributed by atoms with Gasteiger partial charge in [0.25, 0.3) is 0 Å². The number of ketones is 1. The van der Waals surface area contributed by atoms with Crippen LogP contribution in [-0.2, 0) is 4.79 Å². The minimum atomic E-state index is -1.33. The molecule has 1 saturated carbocycles. The number of carboxylic acids is 1. The Morgan fingerprint density at radius 2 is 2.11 bits per heavy atom. The molecule has 0 unspecified atom stereocenters. The molecule has 0 radical (unpaired) electrons. The van der Waals surface area contributed by atoms with Gasteiger partial charge in [-0.15, -0.1) is 0 Å². The smallest absolute Gasteiger partial charge is 0.317 e. The van der Waals surface area contributed by atoms with Crippen LogP contribution in [0.3, 0.4) is 0 Å². The Bertz CT molecular complexity index is 506. The summed E-state index contributed by atoms with van der Waals surface area (Å²) in [5.74, 6) is -2.25. The maximum atomic E-state index is 13.6. The Labute approximate surface area is 103 Å². The molecule has 0 aliphatic heterocycles. The predicted molar refractivity (Wildman–Crippen MR) is 61.2 cm³/mol. The number of halogens is 1. The standard InChI is InChI=1S/C13H13FO4/c1-2-18-10-4-3-8(7-9(10)14)11(15)13(5-6-13)12(16)17/h3-4,7H,2,5-6H2,1H3,(H,16,17). The number of carbonyl (C=O) groups excluding carboxylic acids is 1. The Balaban J connectivity index is 2.27. The topological polar surface area (TPSA) is 63.6 Å². The summed E-state index contributed by atoms with van der Waals surface area (Å²) < 4.78 is 18.6. The maximum absolute atomic E-state index is 13.6. The zero-order chi connectivity index (χ0) is 13.3. The average molecular weight is 252 g/mol. The number of carbonyl (C=O) groups is 2. The van der Waals surface area contributed by atoms with Crippen molar-refractivity contribution in [3.63, 3.8) is 0 Å². The number of Topliss-reactive ketones (excluding diaryl/α,β-unsaturated/α-hetero) is 1. The van der Waals surface area contributed by atoms with Crippen LogP contribution in [-0.4, -0.2) is 23.5 Å². The number of rotatable bonds is 5. The summed E-state index contributed by atoms with van der Waals surface area (Å²) in [5.41, 5.74) is -1.25. The highest BCUT2D eigenvalue weighted by Gasteiger charge is 2.56. The first kappa shape index (κ1) is 12.5. The fraction of sp³-hybridized carbons (Fsp3) is 0.385. The van der Waals surface area contributed by atoms with E-state index in [1.54, 1.807) is 6.92 Å². The van der Waals surface area contributed by atoms with Crippen LogP contribution in [0.25, 0.3) is 0 Å². The third-order valence-electron chi connectivity index (χ3n) is 3.09. The molecule has 0 spiro atoms. The van der Waals surface area contributed by atoms with Crippen LogP contribution in [0.4, 0.5) is 4.39 Å². The van der Waals surface area contributed by atoms with Crippen LogP contribution in [0.5, 0.6) is 5.75 Å². The van der Waals surface area contributed by atoms with E-state index in [0.717, 1.165) is 6.07 Å². The number of benzene rings is 1. The molecule has 2 rings (SSSR count). The van der Waals surface area contributed by atoms with E-state index in [1.165, 1.54) is 12.1 Å². The highest BCUT2D eigenvalue weighted by Crippen LogP contribution is 2.48. The highest BCUT2D eigenvalue weighted by atomic mass is 19.1. The predicted octanol–water partition coefficient (Wildman–Crippen LogP) is 2.27. The minimum Gasteiger partial charge on any atom is -0.491 e. The summed E-state index contributed by atoms with van der Waals surface area (Å²) in [6.07, 6.45) is 0.631. The third-order valence-corrected chi connectivity index (χ3v) is 3.09. The van der Waals surface area contributed by atoms with Gasteiger partial charge in [-0.05, 0) is 38.0 Å². The van der Waals surface area contributed by atoms with Gasteiger partial charge in [0.1, 0.15) is 5.41 Å². The second-order valence-corrected chi connectivity index (χ2v) is 4.29. The SMILES string of the molecule is CCOc1ccc(C(=O)C2(C(=O)O)CC2)cc1F. The van der Waals surface area contributed by atoms with Crippen LogP contribution in [0.1, 0.15) is 30.1 Å². The lowest BCUT2D eigenvalue weighted by atomic mass is 9.95. The van der Waals surface area contributed by atoms with Gasteiger partial charge in [-0.3, -0.25) is 9.59 Å². The van der Waals surface area contributed by atoms with Crippen molar-refractivity contribution >= 4 is 11.8 Å². The molecule has 1 fully saturated rings. The van der Waals surface area contributed by atoms with Gasteiger partial charge in [-0.1, -0.05) is 0 Å². The van der Waals surface area contributed by atoms with Gasteiger partial charge < -0.3 is 9.84 Å². The summed E-state index contributed by atoms with van der Waals surface area (Å²) >= 11 is 0. The van der Waals surface area contributed by atoms with Crippen LogP contribution in [0, 0.1) is 11.2 Å². The summed E-state index contributed by atoms with van der Waals surface area (Å²) in [5, 5.41) is 9.00. The summed E-state index contributed by atoms with van der Waals surface area (Å²) in [4.78, 5) is 23.0. The second kappa shape index (κ2) is 4.40. The molecule has 1 aromatic rings. The van der Waals surface area contributed by atoms with Crippen molar-refractivity contribution in [2.75, 3.05) is 6.61 Å². The van der Waals surface area contributed by atoms with E-state index in [9.17, 15) is 14.0 Å². The van der Waals surface area contributed by atoms with Crippen LogP contribution in [0.2, 0.25) is 0 Å². The Morgan fingerprint density at radius 1 is 1.44 bits per heavy atom. The lowest BCUT2D eigenvalue weighted by Crippen LogP contribution is -2.25. The van der Waals surface area contributed by atoms with E-state index in [2.05, 4.69) is 0 Å².